The fourth-order valence-corrected chi connectivity index (χ4v) is 2.95. The van der Waals surface area contributed by atoms with Gasteiger partial charge in [-0.15, -0.1) is 0 Å². The van der Waals surface area contributed by atoms with Crippen molar-refractivity contribution in [3.05, 3.63) is 11.8 Å². The average Bonchev–Trinajstić information content (AvgIpc) is 2.72. The third-order valence-electron chi connectivity index (χ3n) is 4.18. The Labute approximate surface area is 111 Å². The smallest absolute Gasteiger partial charge is 0.124 e. The second kappa shape index (κ2) is 4.94. The van der Waals surface area contributed by atoms with Crippen LogP contribution >= 0.6 is 0 Å². The van der Waals surface area contributed by atoms with Crippen LogP contribution in [0, 0.1) is 5.41 Å². The van der Waals surface area contributed by atoms with E-state index < -0.39 is 0 Å². The molecule has 0 bridgehead atoms. The summed E-state index contributed by atoms with van der Waals surface area (Å²) >= 11 is 0. The van der Waals surface area contributed by atoms with Crippen molar-refractivity contribution in [2.75, 3.05) is 11.9 Å². The molecule has 2 rings (SSSR count). The van der Waals surface area contributed by atoms with E-state index in [1.54, 1.807) is 0 Å². The van der Waals surface area contributed by atoms with Gasteiger partial charge in [0.1, 0.15) is 5.82 Å². The first-order chi connectivity index (χ1) is 8.47. The maximum absolute atomic E-state index is 4.89. The summed E-state index contributed by atoms with van der Waals surface area (Å²) in [6, 6.07) is 2.77. The number of nitrogens with one attached hydrogen (secondary N) is 1. The van der Waals surface area contributed by atoms with Crippen LogP contribution in [0.25, 0.3) is 0 Å². The zero-order chi connectivity index (χ0) is 13.3. The first-order valence-electron chi connectivity index (χ1n) is 7.30. The Balaban J connectivity index is 2.34. The maximum atomic E-state index is 4.89. The molecule has 102 valence electrons. The lowest BCUT2D eigenvalue weighted by Gasteiger charge is -2.35. The van der Waals surface area contributed by atoms with Crippen molar-refractivity contribution >= 4 is 5.82 Å². The molecular weight excluding hydrogens is 222 g/mol. The largest absolute Gasteiger partial charge is 0.370 e. The molecule has 18 heavy (non-hydrogen) atoms. The van der Waals surface area contributed by atoms with Crippen LogP contribution in [-0.4, -0.2) is 16.3 Å². The topological polar surface area (TPSA) is 29.9 Å². The molecule has 1 atom stereocenters. The van der Waals surface area contributed by atoms with Gasteiger partial charge in [-0.2, -0.15) is 5.10 Å². The molecule has 0 spiro atoms. The van der Waals surface area contributed by atoms with Crippen molar-refractivity contribution in [1.29, 1.82) is 0 Å². The summed E-state index contributed by atoms with van der Waals surface area (Å²) in [5.41, 5.74) is 1.53. The van der Waals surface area contributed by atoms with Gasteiger partial charge in [-0.3, -0.25) is 0 Å². The number of aromatic nitrogens is 2. The van der Waals surface area contributed by atoms with E-state index in [0.717, 1.165) is 6.54 Å². The maximum Gasteiger partial charge on any atom is 0.124 e. The quantitative estimate of drug-likeness (QED) is 0.870. The second-order valence-corrected chi connectivity index (χ2v) is 6.51. The molecule has 2 heterocycles. The summed E-state index contributed by atoms with van der Waals surface area (Å²) in [4.78, 5) is 0. The van der Waals surface area contributed by atoms with E-state index >= 15 is 0 Å². The molecule has 0 radical (unpaired) electrons. The highest BCUT2D eigenvalue weighted by molar-refractivity contribution is 5.40. The van der Waals surface area contributed by atoms with Crippen LogP contribution in [-0.2, 0) is 0 Å². The van der Waals surface area contributed by atoms with Gasteiger partial charge in [0.05, 0.1) is 11.7 Å². The van der Waals surface area contributed by atoms with Crippen LogP contribution in [0.3, 0.4) is 0 Å². The number of fused-ring (bicyclic) bond motifs is 1. The highest BCUT2D eigenvalue weighted by atomic mass is 15.4. The minimum absolute atomic E-state index is 0.272. The van der Waals surface area contributed by atoms with Crippen molar-refractivity contribution in [1.82, 2.24) is 9.78 Å². The minimum atomic E-state index is 0.272. The van der Waals surface area contributed by atoms with Crippen molar-refractivity contribution in [2.24, 2.45) is 5.41 Å². The minimum Gasteiger partial charge on any atom is -0.370 e. The van der Waals surface area contributed by atoms with E-state index in [1.807, 2.05) is 0 Å². The normalized spacial score (nSPS) is 19.8. The fraction of sp³-hybridized carbons (Fsp3) is 0.800. The number of anilines is 1. The Hall–Kier alpha value is -0.990. The van der Waals surface area contributed by atoms with E-state index in [0.29, 0.717) is 12.0 Å². The molecule has 0 fully saturated rings. The Kier molecular flexibility index (Phi) is 3.69. The number of hydrogen-bond donors (Lipinski definition) is 1. The summed E-state index contributed by atoms with van der Waals surface area (Å²) in [6.45, 7) is 12.5. The molecule has 0 saturated carbocycles. The average molecular weight is 249 g/mol. The second-order valence-electron chi connectivity index (χ2n) is 6.51. The molecule has 0 amide bonds. The van der Waals surface area contributed by atoms with Crippen LogP contribution in [0.4, 0.5) is 5.82 Å². The Morgan fingerprint density at radius 3 is 2.61 bits per heavy atom. The summed E-state index contributed by atoms with van der Waals surface area (Å²) in [5, 5.41) is 8.38. The molecule has 1 aromatic heterocycles. The Bertz CT molecular complexity index is 396. The van der Waals surface area contributed by atoms with Crippen LogP contribution in [0.1, 0.15) is 71.5 Å². The van der Waals surface area contributed by atoms with Gasteiger partial charge in [-0.05, 0) is 24.7 Å². The predicted molar refractivity (Wildman–Crippen MR) is 77.1 cm³/mol. The molecule has 3 heteroatoms. The number of rotatable bonds is 3. The summed E-state index contributed by atoms with van der Waals surface area (Å²) < 4.78 is 2.23. The molecule has 1 unspecified atom stereocenters. The van der Waals surface area contributed by atoms with Gasteiger partial charge >= 0.3 is 0 Å². The van der Waals surface area contributed by atoms with Gasteiger partial charge < -0.3 is 5.32 Å². The van der Waals surface area contributed by atoms with Crippen molar-refractivity contribution < 1.29 is 0 Å². The van der Waals surface area contributed by atoms with Gasteiger partial charge in [-0.1, -0.05) is 34.6 Å². The van der Waals surface area contributed by atoms with E-state index in [-0.39, 0.29) is 5.41 Å². The molecule has 0 saturated heterocycles. The highest BCUT2D eigenvalue weighted by Gasteiger charge is 2.32. The highest BCUT2D eigenvalue weighted by Crippen LogP contribution is 2.38. The number of hydrogen-bond acceptors (Lipinski definition) is 2. The van der Waals surface area contributed by atoms with Crippen molar-refractivity contribution in [3.8, 4) is 0 Å². The lowest BCUT2D eigenvalue weighted by atomic mass is 9.84. The lowest BCUT2D eigenvalue weighted by molar-refractivity contribution is 0.209. The first kappa shape index (κ1) is 13.4. The van der Waals surface area contributed by atoms with E-state index in [9.17, 15) is 0 Å². The molecule has 0 aliphatic carbocycles. The van der Waals surface area contributed by atoms with Gasteiger partial charge in [-0.25, -0.2) is 4.68 Å². The van der Waals surface area contributed by atoms with Gasteiger partial charge in [0.2, 0.25) is 0 Å². The third-order valence-corrected chi connectivity index (χ3v) is 4.18. The molecule has 1 aromatic rings. The molecule has 1 aliphatic heterocycles. The van der Waals surface area contributed by atoms with Crippen molar-refractivity contribution in [2.45, 2.75) is 65.8 Å². The summed E-state index contributed by atoms with van der Waals surface area (Å²) in [5.74, 6) is 1.81. The monoisotopic (exact) mass is 249 g/mol. The lowest BCUT2D eigenvalue weighted by Crippen LogP contribution is -2.32. The zero-order valence-corrected chi connectivity index (χ0v) is 12.5. The van der Waals surface area contributed by atoms with Crippen molar-refractivity contribution in [3.63, 3.8) is 0 Å². The van der Waals surface area contributed by atoms with Crippen LogP contribution in [0.5, 0.6) is 0 Å². The van der Waals surface area contributed by atoms with Gasteiger partial charge in [0, 0.05) is 18.5 Å². The van der Waals surface area contributed by atoms with E-state index in [1.165, 1.54) is 30.8 Å². The summed E-state index contributed by atoms with van der Waals surface area (Å²) in [6.07, 6.45) is 3.51. The first-order valence-corrected chi connectivity index (χ1v) is 7.30. The van der Waals surface area contributed by atoms with Crippen LogP contribution in [0.2, 0.25) is 0 Å². The fourth-order valence-electron chi connectivity index (χ4n) is 2.95. The molecule has 3 nitrogen and oxygen atoms in total. The molecule has 1 N–H and O–H groups in total. The third kappa shape index (κ3) is 2.40. The van der Waals surface area contributed by atoms with Gasteiger partial charge in [0.25, 0.3) is 0 Å². The molecule has 1 aliphatic rings. The SMILES string of the molecule is CCC(CC)c1cc2n(n1)C(C(C)(C)C)CCN2. The standard InChI is InChI=1S/C15H27N3/c1-6-11(7-2)12-10-14-16-9-8-13(15(3,4)5)18(14)17-12/h10-11,13,16H,6-9H2,1-5H3. The number of nitrogens with zero attached hydrogens (tertiary/aromatic N) is 2. The Morgan fingerprint density at radius 1 is 1.39 bits per heavy atom. The Morgan fingerprint density at radius 2 is 2.06 bits per heavy atom. The molecule has 0 aromatic carbocycles. The predicted octanol–water partition coefficient (Wildman–Crippen LogP) is 4.19. The van der Waals surface area contributed by atoms with Gasteiger partial charge in [0.15, 0.2) is 0 Å². The van der Waals surface area contributed by atoms with E-state index in [2.05, 4.69) is 50.7 Å². The zero-order valence-electron chi connectivity index (χ0n) is 12.5. The van der Waals surface area contributed by atoms with Crippen LogP contribution < -0.4 is 5.32 Å². The summed E-state index contributed by atoms with van der Waals surface area (Å²) in [7, 11) is 0. The van der Waals surface area contributed by atoms with Crippen LogP contribution in [0.15, 0.2) is 6.07 Å². The van der Waals surface area contributed by atoms with E-state index in [4.69, 9.17) is 5.10 Å². The molecular formula is C15H27N3.